The molecule has 0 spiro atoms. The molecule has 2 aliphatic rings. The van der Waals surface area contributed by atoms with Crippen LogP contribution in [0.3, 0.4) is 0 Å². The number of carboxylic acid groups (broad SMARTS) is 1. The summed E-state index contributed by atoms with van der Waals surface area (Å²) >= 11 is 0. The van der Waals surface area contributed by atoms with E-state index in [0.717, 1.165) is 43.7 Å². The Morgan fingerprint density at radius 1 is 1.30 bits per heavy atom. The second-order valence-corrected chi connectivity index (χ2v) is 5.34. The fraction of sp³-hybridized carbons (Fsp3) is 0.615. The molecule has 2 aliphatic heterocycles. The third kappa shape index (κ3) is 2.23. The zero-order chi connectivity index (χ0) is 14.1. The van der Waals surface area contributed by atoms with Crippen molar-refractivity contribution in [2.24, 2.45) is 0 Å². The predicted octanol–water partition coefficient (Wildman–Crippen LogP) is 0.827. The number of nitrogens with zero attached hydrogens (tertiary/aromatic N) is 3. The topological polar surface area (TPSA) is 89.5 Å². The third-order valence-electron chi connectivity index (χ3n) is 4.06. The molecule has 0 aromatic carbocycles. The molecule has 0 bridgehead atoms. The summed E-state index contributed by atoms with van der Waals surface area (Å²) in [7, 11) is 0. The molecule has 7 heteroatoms. The molecule has 0 radical (unpaired) electrons. The molecule has 2 N–H and O–H groups in total. The van der Waals surface area contributed by atoms with Gasteiger partial charge in [0.05, 0.1) is 24.3 Å². The Kier molecular flexibility index (Phi) is 3.33. The van der Waals surface area contributed by atoms with Crippen LogP contribution in [-0.2, 0) is 17.8 Å². The summed E-state index contributed by atoms with van der Waals surface area (Å²) in [6.45, 7) is 1.73. The van der Waals surface area contributed by atoms with Crippen LogP contribution in [0.1, 0.15) is 30.7 Å². The maximum Gasteiger partial charge on any atom is 0.326 e. The van der Waals surface area contributed by atoms with Crippen LogP contribution in [0.4, 0.5) is 4.79 Å². The summed E-state index contributed by atoms with van der Waals surface area (Å²) in [4.78, 5) is 34.3. The van der Waals surface area contributed by atoms with Gasteiger partial charge in [-0.3, -0.25) is 0 Å². The summed E-state index contributed by atoms with van der Waals surface area (Å²) in [6, 6.07) is -0.988. The first kappa shape index (κ1) is 13.0. The number of rotatable bonds is 1. The molecule has 0 saturated carbocycles. The van der Waals surface area contributed by atoms with E-state index in [1.165, 1.54) is 4.90 Å². The number of likely N-dealkylation sites (tertiary alicyclic amines) is 1. The van der Waals surface area contributed by atoms with Crippen LogP contribution in [0.15, 0.2) is 6.33 Å². The highest BCUT2D eigenvalue weighted by Gasteiger charge is 2.37. The van der Waals surface area contributed by atoms with E-state index in [2.05, 4.69) is 9.97 Å². The molecule has 3 rings (SSSR count). The van der Waals surface area contributed by atoms with E-state index in [1.807, 2.05) is 0 Å². The van der Waals surface area contributed by atoms with Crippen LogP contribution in [-0.4, -0.2) is 56.0 Å². The molecule has 1 atom stereocenters. The van der Waals surface area contributed by atoms with Gasteiger partial charge >= 0.3 is 12.0 Å². The van der Waals surface area contributed by atoms with Gasteiger partial charge in [-0.05, 0) is 19.3 Å². The summed E-state index contributed by atoms with van der Waals surface area (Å²) < 4.78 is 0. The first-order valence-electron chi connectivity index (χ1n) is 6.96. The average molecular weight is 278 g/mol. The zero-order valence-corrected chi connectivity index (χ0v) is 11.2. The number of piperidine rings is 1. The molecule has 3 heterocycles. The molecule has 2 amide bonds. The smallest absolute Gasteiger partial charge is 0.326 e. The van der Waals surface area contributed by atoms with Crippen molar-refractivity contribution in [3.8, 4) is 0 Å². The van der Waals surface area contributed by atoms with E-state index >= 15 is 0 Å². The van der Waals surface area contributed by atoms with Crippen molar-refractivity contribution in [3.05, 3.63) is 17.7 Å². The number of fused-ring (bicyclic) bond motifs is 1. The van der Waals surface area contributed by atoms with Crippen molar-refractivity contribution in [2.75, 3.05) is 13.1 Å². The normalized spacial score (nSPS) is 22.5. The quantitative estimate of drug-likeness (QED) is 0.796. The van der Waals surface area contributed by atoms with Crippen molar-refractivity contribution >= 4 is 12.0 Å². The molecule has 1 unspecified atom stereocenters. The largest absolute Gasteiger partial charge is 0.480 e. The number of aromatic amines is 1. The van der Waals surface area contributed by atoms with E-state index < -0.39 is 12.0 Å². The van der Waals surface area contributed by atoms with Gasteiger partial charge in [0.1, 0.15) is 6.04 Å². The third-order valence-corrected chi connectivity index (χ3v) is 4.06. The number of hydrogen-bond donors (Lipinski definition) is 2. The van der Waals surface area contributed by atoms with Gasteiger partial charge < -0.3 is 19.9 Å². The van der Waals surface area contributed by atoms with Crippen molar-refractivity contribution in [1.29, 1.82) is 0 Å². The van der Waals surface area contributed by atoms with Gasteiger partial charge in [-0.1, -0.05) is 0 Å². The summed E-state index contributed by atoms with van der Waals surface area (Å²) in [5.41, 5.74) is 1.59. The fourth-order valence-electron chi connectivity index (χ4n) is 2.92. The molecule has 20 heavy (non-hydrogen) atoms. The molecule has 108 valence electrons. The predicted molar refractivity (Wildman–Crippen MR) is 70.1 cm³/mol. The van der Waals surface area contributed by atoms with Gasteiger partial charge in [0.15, 0.2) is 0 Å². The number of nitrogens with one attached hydrogen (secondary N) is 1. The maximum absolute atomic E-state index is 12.6. The minimum Gasteiger partial charge on any atom is -0.480 e. The Morgan fingerprint density at radius 3 is 2.75 bits per heavy atom. The minimum absolute atomic E-state index is 0.169. The summed E-state index contributed by atoms with van der Waals surface area (Å²) in [5.74, 6) is -0.969. The monoisotopic (exact) mass is 278 g/mol. The van der Waals surface area contributed by atoms with E-state index in [0.29, 0.717) is 6.54 Å². The number of carbonyl (C=O) groups is 2. The van der Waals surface area contributed by atoms with Gasteiger partial charge in [-0.15, -0.1) is 0 Å². The molecule has 1 fully saturated rings. The summed E-state index contributed by atoms with van der Waals surface area (Å²) in [5, 5.41) is 9.37. The number of imidazole rings is 1. The SMILES string of the molecule is O=C(O)C1Cc2nc[nH]c2CN1C(=O)N1CCCCC1. The van der Waals surface area contributed by atoms with Crippen molar-refractivity contribution in [2.45, 2.75) is 38.3 Å². The highest BCUT2D eigenvalue weighted by atomic mass is 16.4. The zero-order valence-electron chi connectivity index (χ0n) is 11.2. The van der Waals surface area contributed by atoms with Gasteiger partial charge in [0.2, 0.25) is 0 Å². The van der Waals surface area contributed by atoms with Crippen LogP contribution >= 0.6 is 0 Å². The Balaban J connectivity index is 1.82. The van der Waals surface area contributed by atoms with Crippen LogP contribution in [0.25, 0.3) is 0 Å². The van der Waals surface area contributed by atoms with Crippen LogP contribution in [0.5, 0.6) is 0 Å². The van der Waals surface area contributed by atoms with E-state index in [9.17, 15) is 14.7 Å². The fourth-order valence-corrected chi connectivity index (χ4v) is 2.92. The number of amides is 2. The molecule has 1 aromatic rings. The molecule has 1 saturated heterocycles. The number of hydrogen-bond acceptors (Lipinski definition) is 3. The number of carboxylic acids is 1. The maximum atomic E-state index is 12.6. The molecule has 7 nitrogen and oxygen atoms in total. The van der Waals surface area contributed by atoms with Gasteiger partial charge in [-0.25, -0.2) is 14.6 Å². The number of carbonyl (C=O) groups excluding carboxylic acids is 1. The van der Waals surface area contributed by atoms with Gasteiger partial charge in [0, 0.05) is 19.5 Å². The van der Waals surface area contributed by atoms with Crippen molar-refractivity contribution < 1.29 is 14.7 Å². The summed E-state index contributed by atoms with van der Waals surface area (Å²) in [6.07, 6.45) is 4.95. The second-order valence-electron chi connectivity index (χ2n) is 5.34. The molecule has 1 aromatic heterocycles. The number of urea groups is 1. The minimum atomic E-state index is -0.969. The van der Waals surface area contributed by atoms with Crippen LogP contribution in [0.2, 0.25) is 0 Å². The van der Waals surface area contributed by atoms with Crippen LogP contribution in [0, 0.1) is 0 Å². The molecule has 0 aliphatic carbocycles. The Hall–Kier alpha value is -2.05. The highest BCUT2D eigenvalue weighted by Crippen LogP contribution is 2.23. The Labute approximate surface area is 116 Å². The van der Waals surface area contributed by atoms with E-state index in [4.69, 9.17) is 0 Å². The molecular weight excluding hydrogens is 260 g/mol. The highest BCUT2D eigenvalue weighted by molar-refractivity contribution is 5.83. The van der Waals surface area contributed by atoms with Crippen LogP contribution < -0.4 is 0 Å². The van der Waals surface area contributed by atoms with Gasteiger partial charge in [-0.2, -0.15) is 0 Å². The second kappa shape index (κ2) is 5.15. The Bertz CT molecular complexity index is 521. The van der Waals surface area contributed by atoms with Gasteiger partial charge in [0.25, 0.3) is 0 Å². The van der Waals surface area contributed by atoms with Crippen molar-refractivity contribution in [1.82, 2.24) is 19.8 Å². The van der Waals surface area contributed by atoms with Crippen molar-refractivity contribution in [3.63, 3.8) is 0 Å². The number of aliphatic carboxylic acids is 1. The number of aromatic nitrogens is 2. The first-order valence-corrected chi connectivity index (χ1v) is 6.96. The van der Waals surface area contributed by atoms with E-state index in [1.54, 1.807) is 11.2 Å². The lowest BCUT2D eigenvalue weighted by Gasteiger charge is -2.37. The standard InChI is InChI=1S/C13H18N4O3/c18-12(19)11-6-9-10(15-8-14-9)7-17(11)13(20)16-4-2-1-3-5-16/h8,11H,1-7H2,(H,14,15)(H,18,19). The van der Waals surface area contributed by atoms with E-state index in [-0.39, 0.29) is 12.5 Å². The lowest BCUT2D eigenvalue weighted by Crippen LogP contribution is -2.54. The first-order chi connectivity index (χ1) is 9.66. The average Bonchev–Trinajstić information content (AvgIpc) is 2.93. The molecular formula is C13H18N4O3. The Morgan fingerprint density at radius 2 is 2.05 bits per heavy atom. The number of H-pyrrole nitrogens is 1. The lowest BCUT2D eigenvalue weighted by atomic mass is 10.0. The lowest BCUT2D eigenvalue weighted by molar-refractivity contribution is -0.143.